The van der Waals surface area contributed by atoms with Crippen molar-refractivity contribution in [3.8, 4) is 22.6 Å². The first-order valence-corrected chi connectivity index (χ1v) is 12.4. The Morgan fingerprint density at radius 2 is 1.77 bits per heavy atom. The lowest BCUT2D eigenvalue weighted by atomic mass is 10.0. The number of halogens is 1. The van der Waals surface area contributed by atoms with Gasteiger partial charge in [0.25, 0.3) is 5.56 Å². The Labute approximate surface area is 200 Å². The summed E-state index contributed by atoms with van der Waals surface area (Å²) in [4.78, 5) is 26.9. The minimum absolute atomic E-state index is 0.0471. The highest BCUT2D eigenvalue weighted by atomic mass is 32.2. The fourth-order valence-corrected chi connectivity index (χ4v) is 4.91. The second-order valence-corrected chi connectivity index (χ2v) is 10.5. The van der Waals surface area contributed by atoms with Crippen LogP contribution in [0, 0.1) is 19.7 Å². The summed E-state index contributed by atoms with van der Waals surface area (Å²) in [6, 6.07) is 8.34. The SMILES string of the molecule is CCS(=O)(=O)c1ccc(Oc2c(C)cc(F)cc2C)c(-c2cn(C)c(=O)c3[nH]c(C(=O)O)cc23)c1. The molecule has 2 aromatic carbocycles. The van der Waals surface area contributed by atoms with Crippen molar-refractivity contribution in [1.29, 1.82) is 0 Å². The largest absolute Gasteiger partial charge is 0.477 e. The molecule has 0 bridgehead atoms. The predicted octanol–water partition coefficient (Wildman–Crippen LogP) is 4.57. The predicted molar refractivity (Wildman–Crippen MR) is 130 cm³/mol. The van der Waals surface area contributed by atoms with Gasteiger partial charge in [-0.1, -0.05) is 6.92 Å². The second kappa shape index (κ2) is 8.70. The summed E-state index contributed by atoms with van der Waals surface area (Å²) in [7, 11) is -2.09. The lowest BCUT2D eigenvalue weighted by Crippen LogP contribution is -2.17. The van der Waals surface area contributed by atoms with Crippen molar-refractivity contribution in [2.24, 2.45) is 7.05 Å². The zero-order chi connectivity index (χ0) is 25.7. The lowest BCUT2D eigenvalue weighted by molar-refractivity contribution is 0.0691. The number of aryl methyl sites for hydroxylation is 3. The van der Waals surface area contributed by atoms with E-state index < -0.39 is 27.2 Å². The van der Waals surface area contributed by atoms with Gasteiger partial charge in [-0.15, -0.1) is 0 Å². The number of nitrogens with one attached hydrogen (secondary N) is 1. The number of aromatic nitrogens is 2. The first-order chi connectivity index (χ1) is 16.4. The van der Waals surface area contributed by atoms with Crippen LogP contribution in [0.1, 0.15) is 28.5 Å². The summed E-state index contributed by atoms with van der Waals surface area (Å²) in [6.45, 7) is 4.91. The van der Waals surface area contributed by atoms with E-state index >= 15 is 0 Å². The van der Waals surface area contributed by atoms with Crippen LogP contribution in [0.2, 0.25) is 0 Å². The Morgan fingerprint density at radius 3 is 2.37 bits per heavy atom. The molecular formula is C25H23FN2O6S. The Bertz CT molecular complexity index is 1640. The number of aromatic amines is 1. The van der Waals surface area contributed by atoms with Gasteiger partial charge in [-0.05, 0) is 61.4 Å². The Kier molecular flexibility index (Phi) is 6.02. The Balaban J connectivity index is 2.05. The monoisotopic (exact) mass is 498 g/mol. The quantitative estimate of drug-likeness (QED) is 0.402. The van der Waals surface area contributed by atoms with Gasteiger partial charge in [-0.3, -0.25) is 4.79 Å². The minimum atomic E-state index is -3.60. The fraction of sp³-hybridized carbons (Fsp3) is 0.200. The average Bonchev–Trinajstić information content (AvgIpc) is 3.25. The zero-order valence-electron chi connectivity index (χ0n) is 19.5. The summed E-state index contributed by atoms with van der Waals surface area (Å²) < 4.78 is 46.6. The maximum Gasteiger partial charge on any atom is 0.352 e. The number of ether oxygens (including phenoxy) is 1. The molecule has 8 nitrogen and oxygen atoms in total. The number of rotatable bonds is 6. The first-order valence-electron chi connectivity index (χ1n) is 10.7. The number of fused-ring (bicyclic) bond motifs is 1. The third kappa shape index (κ3) is 4.32. The van der Waals surface area contributed by atoms with Crippen LogP contribution in [0.4, 0.5) is 4.39 Å². The van der Waals surface area contributed by atoms with E-state index in [2.05, 4.69) is 4.98 Å². The maximum absolute atomic E-state index is 13.8. The van der Waals surface area contributed by atoms with Gasteiger partial charge < -0.3 is 19.4 Å². The van der Waals surface area contributed by atoms with E-state index in [1.54, 1.807) is 13.8 Å². The molecular weight excluding hydrogens is 475 g/mol. The number of hydrogen-bond donors (Lipinski definition) is 2. The van der Waals surface area contributed by atoms with Crippen molar-refractivity contribution in [2.45, 2.75) is 25.7 Å². The van der Waals surface area contributed by atoms with Gasteiger partial charge in [0.2, 0.25) is 0 Å². The van der Waals surface area contributed by atoms with Crippen LogP contribution in [-0.2, 0) is 16.9 Å². The number of carbonyl (C=O) groups is 1. The van der Waals surface area contributed by atoms with E-state index in [1.165, 1.54) is 61.1 Å². The van der Waals surface area contributed by atoms with Crippen LogP contribution in [0.5, 0.6) is 11.5 Å². The molecule has 4 rings (SSSR count). The van der Waals surface area contributed by atoms with Gasteiger partial charge >= 0.3 is 5.97 Å². The molecule has 0 atom stereocenters. The summed E-state index contributed by atoms with van der Waals surface area (Å²) >= 11 is 0. The van der Waals surface area contributed by atoms with E-state index in [0.29, 0.717) is 33.4 Å². The van der Waals surface area contributed by atoms with E-state index in [1.807, 2.05) is 0 Å². The molecule has 2 aromatic heterocycles. The summed E-state index contributed by atoms with van der Waals surface area (Å²) in [5.74, 6) is -1.12. The number of aromatic carboxylic acids is 1. The van der Waals surface area contributed by atoms with Crippen molar-refractivity contribution in [1.82, 2.24) is 9.55 Å². The number of sulfone groups is 1. The molecule has 0 aliphatic rings. The van der Waals surface area contributed by atoms with E-state index in [-0.39, 0.29) is 27.6 Å². The third-order valence-corrected chi connectivity index (χ3v) is 7.54. The second-order valence-electron chi connectivity index (χ2n) is 8.27. The standard InChI is InChI=1S/C25H23FN2O6S/c1-5-35(32,33)16-6-7-21(34-23-13(2)8-15(26)9-14(23)3)17(10-16)19-12-28(4)24(29)22-18(19)11-20(27-22)25(30)31/h6-12,27H,5H2,1-4H3,(H,30,31). The highest BCUT2D eigenvalue weighted by Gasteiger charge is 2.22. The number of benzene rings is 2. The molecule has 0 fully saturated rings. The third-order valence-electron chi connectivity index (χ3n) is 5.81. The molecule has 0 aliphatic carbocycles. The molecule has 2 heterocycles. The van der Waals surface area contributed by atoms with Crippen LogP contribution in [-0.4, -0.2) is 34.8 Å². The average molecular weight is 499 g/mol. The van der Waals surface area contributed by atoms with Crippen molar-refractivity contribution in [3.05, 3.63) is 75.6 Å². The molecule has 0 aliphatic heterocycles. The maximum atomic E-state index is 13.8. The Hall–Kier alpha value is -3.92. The number of pyridine rings is 1. The molecule has 2 N–H and O–H groups in total. The molecule has 0 unspecified atom stereocenters. The zero-order valence-corrected chi connectivity index (χ0v) is 20.3. The highest BCUT2D eigenvalue weighted by Crippen LogP contribution is 2.40. The van der Waals surface area contributed by atoms with Gasteiger partial charge in [-0.25, -0.2) is 17.6 Å². The molecule has 35 heavy (non-hydrogen) atoms. The molecule has 0 saturated heterocycles. The topological polar surface area (TPSA) is 118 Å². The number of carboxylic acid groups (broad SMARTS) is 1. The van der Waals surface area contributed by atoms with E-state index in [4.69, 9.17) is 4.74 Å². The fourth-order valence-electron chi connectivity index (χ4n) is 4.00. The Morgan fingerprint density at radius 1 is 1.11 bits per heavy atom. The van der Waals surface area contributed by atoms with Gasteiger partial charge in [0.05, 0.1) is 10.6 Å². The number of H-pyrrole nitrogens is 1. The van der Waals surface area contributed by atoms with Gasteiger partial charge in [0, 0.05) is 29.8 Å². The number of nitrogens with zero attached hydrogens (tertiary/aromatic N) is 1. The van der Waals surface area contributed by atoms with Crippen LogP contribution in [0.15, 0.2) is 52.3 Å². The van der Waals surface area contributed by atoms with Gasteiger partial charge in [0.1, 0.15) is 28.5 Å². The minimum Gasteiger partial charge on any atom is -0.477 e. The van der Waals surface area contributed by atoms with Crippen molar-refractivity contribution in [3.63, 3.8) is 0 Å². The highest BCUT2D eigenvalue weighted by molar-refractivity contribution is 7.91. The molecule has 0 saturated carbocycles. The summed E-state index contributed by atoms with van der Waals surface area (Å²) in [6.07, 6.45) is 1.50. The van der Waals surface area contributed by atoms with Crippen LogP contribution in [0.3, 0.4) is 0 Å². The van der Waals surface area contributed by atoms with E-state index in [0.717, 1.165) is 0 Å². The molecule has 182 valence electrons. The van der Waals surface area contributed by atoms with Crippen LogP contribution in [0.25, 0.3) is 22.0 Å². The molecule has 0 radical (unpaired) electrons. The van der Waals surface area contributed by atoms with Crippen molar-refractivity contribution >= 4 is 26.7 Å². The van der Waals surface area contributed by atoms with Gasteiger partial charge in [-0.2, -0.15) is 0 Å². The number of carboxylic acids is 1. The number of hydrogen-bond acceptors (Lipinski definition) is 5. The van der Waals surface area contributed by atoms with Crippen LogP contribution < -0.4 is 10.3 Å². The van der Waals surface area contributed by atoms with Gasteiger partial charge in [0.15, 0.2) is 9.84 Å². The van der Waals surface area contributed by atoms with Crippen LogP contribution >= 0.6 is 0 Å². The molecule has 0 spiro atoms. The first kappa shape index (κ1) is 24.2. The normalized spacial score (nSPS) is 11.7. The van der Waals surface area contributed by atoms with Crippen molar-refractivity contribution < 1.29 is 27.4 Å². The summed E-state index contributed by atoms with van der Waals surface area (Å²) in [5, 5.41) is 9.75. The lowest BCUT2D eigenvalue weighted by Gasteiger charge is -2.17. The van der Waals surface area contributed by atoms with E-state index in [9.17, 15) is 27.5 Å². The smallest absolute Gasteiger partial charge is 0.352 e. The van der Waals surface area contributed by atoms with Crippen molar-refractivity contribution in [2.75, 3.05) is 5.75 Å². The summed E-state index contributed by atoms with van der Waals surface area (Å²) in [5.41, 5.74) is 1.24. The molecule has 10 heteroatoms. The molecule has 0 amide bonds. The molecule has 4 aromatic rings.